The minimum absolute atomic E-state index is 0.121. The lowest BCUT2D eigenvalue weighted by Crippen LogP contribution is -2.48. The van der Waals surface area contributed by atoms with Crippen LogP contribution in [0.1, 0.15) is 90.4 Å². The average molecular weight is 297 g/mol. The third kappa shape index (κ3) is 6.49. The Morgan fingerprint density at radius 1 is 1.05 bits per heavy atom. The van der Waals surface area contributed by atoms with E-state index in [2.05, 4.69) is 12.2 Å². The van der Waals surface area contributed by atoms with Gasteiger partial charge in [-0.25, -0.2) is 4.79 Å². The summed E-state index contributed by atoms with van der Waals surface area (Å²) in [6.07, 6.45) is 13.7. The molecule has 1 heterocycles. The molecule has 1 atom stereocenters. The van der Waals surface area contributed by atoms with Gasteiger partial charge in [0.2, 0.25) is 5.91 Å². The number of carbonyl (C=O) groups is 2. The molecule has 4 heteroatoms. The second kappa shape index (κ2) is 9.80. The van der Waals surface area contributed by atoms with Crippen molar-refractivity contribution < 1.29 is 14.7 Å². The normalized spacial score (nSPS) is 21.5. The molecule has 0 aliphatic carbocycles. The van der Waals surface area contributed by atoms with Gasteiger partial charge >= 0.3 is 5.97 Å². The molecular formula is C17H31NO3. The standard InChI is InChI=1S/C17H31NO3/c1-2-3-4-5-6-7-8-9-10-11-13-17(16(20)21)14-12-15(19)18-17/h2-14H2,1H3,(H,18,19)(H,20,21). The number of hydrogen-bond acceptors (Lipinski definition) is 2. The minimum atomic E-state index is -0.975. The Balaban J connectivity index is 2.03. The van der Waals surface area contributed by atoms with E-state index in [0.717, 1.165) is 12.8 Å². The highest BCUT2D eigenvalue weighted by atomic mass is 16.4. The fraction of sp³-hybridized carbons (Fsp3) is 0.882. The van der Waals surface area contributed by atoms with Crippen LogP contribution in [0.25, 0.3) is 0 Å². The molecule has 0 spiro atoms. The number of amides is 1. The number of rotatable bonds is 12. The highest BCUT2D eigenvalue weighted by molar-refractivity contribution is 5.90. The van der Waals surface area contributed by atoms with Gasteiger partial charge in [0.05, 0.1) is 0 Å². The minimum Gasteiger partial charge on any atom is -0.480 e. The molecule has 1 amide bonds. The molecule has 0 aromatic heterocycles. The van der Waals surface area contributed by atoms with Crippen molar-refractivity contribution in [2.45, 2.75) is 95.9 Å². The van der Waals surface area contributed by atoms with Crippen LogP contribution in [-0.2, 0) is 9.59 Å². The van der Waals surface area contributed by atoms with Gasteiger partial charge in [-0.05, 0) is 12.8 Å². The topological polar surface area (TPSA) is 66.4 Å². The van der Waals surface area contributed by atoms with Gasteiger partial charge in [-0.2, -0.15) is 0 Å². The molecule has 0 bridgehead atoms. The lowest BCUT2D eigenvalue weighted by Gasteiger charge is -2.23. The molecule has 2 N–H and O–H groups in total. The van der Waals surface area contributed by atoms with Crippen LogP contribution >= 0.6 is 0 Å². The van der Waals surface area contributed by atoms with Crippen LogP contribution in [0.15, 0.2) is 0 Å². The van der Waals surface area contributed by atoms with Crippen molar-refractivity contribution in [3.05, 3.63) is 0 Å². The molecule has 0 radical (unpaired) electrons. The molecule has 1 unspecified atom stereocenters. The lowest BCUT2D eigenvalue weighted by molar-refractivity contribution is -0.145. The van der Waals surface area contributed by atoms with Crippen molar-refractivity contribution in [1.82, 2.24) is 5.32 Å². The number of carbonyl (C=O) groups excluding carboxylic acids is 1. The summed E-state index contributed by atoms with van der Waals surface area (Å²) >= 11 is 0. The van der Waals surface area contributed by atoms with Gasteiger partial charge in [0.25, 0.3) is 0 Å². The summed E-state index contributed by atoms with van der Waals surface area (Å²) in [6.45, 7) is 2.23. The van der Waals surface area contributed by atoms with Gasteiger partial charge in [0.1, 0.15) is 5.54 Å². The predicted molar refractivity (Wildman–Crippen MR) is 84.2 cm³/mol. The third-order valence-corrected chi connectivity index (χ3v) is 4.52. The number of nitrogens with one attached hydrogen (secondary N) is 1. The lowest BCUT2D eigenvalue weighted by atomic mass is 9.90. The van der Waals surface area contributed by atoms with Crippen molar-refractivity contribution in [3.63, 3.8) is 0 Å². The van der Waals surface area contributed by atoms with Gasteiger partial charge in [-0.1, -0.05) is 71.1 Å². The first kappa shape index (κ1) is 18.0. The molecule has 21 heavy (non-hydrogen) atoms. The summed E-state index contributed by atoms with van der Waals surface area (Å²) in [4.78, 5) is 22.6. The van der Waals surface area contributed by atoms with Crippen LogP contribution in [0.2, 0.25) is 0 Å². The van der Waals surface area contributed by atoms with Gasteiger partial charge in [-0.15, -0.1) is 0 Å². The van der Waals surface area contributed by atoms with Crippen molar-refractivity contribution in [2.24, 2.45) is 0 Å². The van der Waals surface area contributed by atoms with E-state index in [0.29, 0.717) is 19.3 Å². The molecule has 0 aromatic carbocycles. The number of aliphatic carboxylic acids is 1. The SMILES string of the molecule is CCCCCCCCCCCCC1(C(=O)O)CCC(=O)N1. The second-order valence-electron chi connectivity index (χ2n) is 6.37. The van der Waals surface area contributed by atoms with Crippen molar-refractivity contribution in [3.8, 4) is 0 Å². The van der Waals surface area contributed by atoms with E-state index < -0.39 is 11.5 Å². The Morgan fingerprint density at radius 2 is 1.57 bits per heavy atom. The molecule has 4 nitrogen and oxygen atoms in total. The molecule has 122 valence electrons. The summed E-state index contributed by atoms with van der Waals surface area (Å²) in [7, 11) is 0. The first-order valence-electron chi connectivity index (χ1n) is 8.65. The van der Waals surface area contributed by atoms with E-state index in [-0.39, 0.29) is 5.91 Å². The van der Waals surface area contributed by atoms with E-state index in [1.165, 1.54) is 51.4 Å². The molecule has 1 saturated heterocycles. The molecule has 0 aromatic rings. The zero-order chi connectivity index (χ0) is 15.6. The summed E-state index contributed by atoms with van der Waals surface area (Å²) in [6, 6.07) is 0. The maximum absolute atomic E-state index is 11.3. The Morgan fingerprint density at radius 3 is 2.00 bits per heavy atom. The number of unbranched alkanes of at least 4 members (excludes halogenated alkanes) is 9. The third-order valence-electron chi connectivity index (χ3n) is 4.52. The van der Waals surface area contributed by atoms with E-state index >= 15 is 0 Å². The van der Waals surface area contributed by atoms with Crippen molar-refractivity contribution in [2.75, 3.05) is 0 Å². The average Bonchev–Trinajstić information content (AvgIpc) is 2.84. The largest absolute Gasteiger partial charge is 0.480 e. The van der Waals surface area contributed by atoms with E-state index in [4.69, 9.17) is 0 Å². The highest BCUT2D eigenvalue weighted by Crippen LogP contribution is 2.27. The maximum Gasteiger partial charge on any atom is 0.329 e. The van der Waals surface area contributed by atoms with Gasteiger partial charge in [0, 0.05) is 6.42 Å². The number of carboxylic acid groups (broad SMARTS) is 1. The van der Waals surface area contributed by atoms with Crippen molar-refractivity contribution in [1.29, 1.82) is 0 Å². The fourth-order valence-corrected chi connectivity index (χ4v) is 3.09. The van der Waals surface area contributed by atoms with Crippen LogP contribution < -0.4 is 5.32 Å². The monoisotopic (exact) mass is 297 g/mol. The summed E-state index contributed by atoms with van der Waals surface area (Å²) in [5.41, 5.74) is -0.975. The molecule has 0 saturated carbocycles. The molecular weight excluding hydrogens is 266 g/mol. The predicted octanol–water partition coefficient (Wildman–Crippen LogP) is 4.03. The van der Waals surface area contributed by atoms with Crippen molar-refractivity contribution >= 4 is 11.9 Å². The van der Waals surface area contributed by atoms with E-state index in [1.54, 1.807) is 0 Å². The molecule has 1 fully saturated rings. The van der Waals surface area contributed by atoms with Gasteiger partial charge in [-0.3, -0.25) is 4.79 Å². The van der Waals surface area contributed by atoms with Crippen LogP contribution in [0.5, 0.6) is 0 Å². The first-order valence-corrected chi connectivity index (χ1v) is 8.65. The van der Waals surface area contributed by atoms with Crippen LogP contribution in [-0.4, -0.2) is 22.5 Å². The zero-order valence-corrected chi connectivity index (χ0v) is 13.5. The smallest absolute Gasteiger partial charge is 0.329 e. The summed E-state index contributed by atoms with van der Waals surface area (Å²) < 4.78 is 0. The quantitative estimate of drug-likeness (QED) is 0.534. The number of carboxylic acids is 1. The van der Waals surface area contributed by atoms with E-state index in [9.17, 15) is 14.7 Å². The van der Waals surface area contributed by atoms with Crippen LogP contribution in [0.3, 0.4) is 0 Å². The van der Waals surface area contributed by atoms with E-state index in [1.807, 2.05) is 0 Å². The molecule has 1 aliphatic heterocycles. The highest BCUT2D eigenvalue weighted by Gasteiger charge is 2.43. The Hall–Kier alpha value is -1.06. The first-order chi connectivity index (χ1) is 10.1. The maximum atomic E-state index is 11.3. The van der Waals surface area contributed by atoms with Gasteiger partial charge < -0.3 is 10.4 Å². The summed E-state index contributed by atoms with van der Waals surface area (Å²) in [5, 5.41) is 12.0. The van der Waals surface area contributed by atoms with Gasteiger partial charge in [0.15, 0.2) is 0 Å². The molecule has 1 aliphatic rings. The van der Waals surface area contributed by atoms with Crippen LogP contribution in [0.4, 0.5) is 0 Å². The molecule has 1 rings (SSSR count). The Bertz CT molecular complexity index is 330. The fourth-order valence-electron chi connectivity index (χ4n) is 3.09. The summed E-state index contributed by atoms with van der Waals surface area (Å²) in [5.74, 6) is -0.992. The second-order valence-corrected chi connectivity index (χ2v) is 6.37. The van der Waals surface area contributed by atoms with Crippen LogP contribution in [0, 0.1) is 0 Å². The number of hydrogen-bond donors (Lipinski definition) is 2. The zero-order valence-electron chi connectivity index (χ0n) is 13.5. The Kier molecular flexibility index (Phi) is 8.40. The Labute approximate surface area is 128 Å².